The highest BCUT2D eigenvalue weighted by atomic mass is 16.3. The topological polar surface area (TPSA) is 75.1 Å². The van der Waals surface area contributed by atoms with Gasteiger partial charge in [-0.2, -0.15) is 0 Å². The first-order valence-corrected chi connectivity index (χ1v) is 7.28. The van der Waals surface area contributed by atoms with Crippen molar-refractivity contribution in [2.75, 3.05) is 0 Å². The second-order valence-electron chi connectivity index (χ2n) is 5.68. The van der Waals surface area contributed by atoms with Gasteiger partial charge < -0.3 is 10.4 Å². The van der Waals surface area contributed by atoms with Crippen LogP contribution in [0.3, 0.4) is 0 Å². The molecule has 1 heterocycles. The van der Waals surface area contributed by atoms with Crippen LogP contribution in [0.4, 0.5) is 0 Å². The van der Waals surface area contributed by atoms with Crippen LogP contribution in [0.2, 0.25) is 0 Å². The number of nitrogens with one attached hydrogen (secondary N) is 1. The number of aromatic nitrogens is 2. The van der Waals surface area contributed by atoms with Gasteiger partial charge in [0.05, 0.1) is 34.6 Å². The molecule has 0 saturated heterocycles. The fourth-order valence-corrected chi connectivity index (χ4v) is 2.73. The standard InChI is InChI=1S/C16H19N3O2/c1-9-10(2)18-14-8-11(6-7-12(14)17-9)16(21)19-13-4-3-5-15(13)20/h6-8,13,15,20H,3-5H2,1-2H3,(H,19,21). The van der Waals surface area contributed by atoms with E-state index in [-0.39, 0.29) is 11.9 Å². The third-order valence-electron chi connectivity index (χ3n) is 4.13. The zero-order valence-corrected chi connectivity index (χ0v) is 12.3. The van der Waals surface area contributed by atoms with Crippen molar-refractivity contribution in [3.05, 3.63) is 35.2 Å². The van der Waals surface area contributed by atoms with Crippen molar-refractivity contribution >= 4 is 16.9 Å². The van der Waals surface area contributed by atoms with Crippen molar-refractivity contribution in [1.29, 1.82) is 0 Å². The predicted molar refractivity (Wildman–Crippen MR) is 80.1 cm³/mol. The molecule has 2 unspecified atom stereocenters. The number of hydrogen-bond acceptors (Lipinski definition) is 4. The predicted octanol–water partition coefficient (Wildman–Crippen LogP) is 1.89. The molecule has 2 atom stereocenters. The lowest BCUT2D eigenvalue weighted by Gasteiger charge is -2.16. The maximum atomic E-state index is 12.3. The van der Waals surface area contributed by atoms with Crippen LogP contribution in [0.15, 0.2) is 18.2 Å². The summed E-state index contributed by atoms with van der Waals surface area (Å²) in [5.74, 6) is -0.164. The number of fused-ring (bicyclic) bond motifs is 1. The lowest BCUT2D eigenvalue weighted by molar-refractivity contribution is 0.0873. The highest BCUT2D eigenvalue weighted by Crippen LogP contribution is 2.20. The fourth-order valence-electron chi connectivity index (χ4n) is 2.73. The molecule has 3 rings (SSSR count). The van der Waals surface area contributed by atoms with E-state index in [2.05, 4.69) is 15.3 Å². The molecular formula is C16H19N3O2. The smallest absolute Gasteiger partial charge is 0.251 e. The molecule has 1 aliphatic rings. The summed E-state index contributed by atoms with van der Waals surface area (Å²) in [6.45, 7) is 3.83. The number of amides is 1. The Morgan fingerprint density at radius 3 is 2.57 bits per heavy atom. The Kier molecular flexibility index (Phi) is 3.59. The van der Waals surface area contributed by atoms with E-state index in [0.29, 0.717) is 5.56 Å². The van der Waals surface area contributed by atoms with Gasteiger partial charge in [-0.15, -0.1) is 0 Å². The Morgan fingerprint density at radius 2 is 1.90 bits per heavy atom. The van der Waals surface area contributed by atoms with Crippen molar-refractivity contribution in [2.45, 2.75) is 45.3 Å². The van der Waals surface area contributed by atoms with Gasteiger partial charge >= 0.3 is 0 Å². The first kappa shape index (κ1) is 13.9. The van der Waals surface area contributed by atoms with Crippen LogP contribution >= 0.6 is 0 Å². The molecule has 1 fully saturated rings. The largest absolute Gasteiger partial charge is 0.391 e. The van der Waals surface area contributed by atoms with Gasteiger partial charge in [0, 0.05) is 5.56 Å². The number of aryl methyl sites for hydroxylation is 2. The van der Waals surface area contributed by atoms with Crippen LogP contribution in [-0.4, -0.2) is 33.1 Å². The highest BCUT2D eigenvalue weighted by Gasteiger charge is 2.26. The van der Waals surface area contributed by atoms with Crippen LogP contribution in [0.5, 0.6) is 0 Å². The summed E-state index contributed by atoms with van der Waals surface area (Å²) in [6, 6.07) is 5.18. The molecule has 5 nitrogen and oxygen atoms in total. The highest BCUT2D eigenvalue weighted by molar-refractivity contribution is 5.97. The molecule has 1 saturated carbocycles. The average Bonchev–Trinajstić information content (AvgIpc) is 2.85. The molecule has 1 amide bonds. The molecule has 1 aliphatic carbocycles. The van der Waals surface area contributed by atoms with E-state index in [1.54, 1.807) is 12.1 Å². The Balaban J connectivity index is 1.86. The summed E-state index contributed by atoms with van der Waals surface area (Å²) in [5.41, 5.74) is 3.83. The molecule has 2 aromatic rings. The van der Waals surface area contributed by atoms with Gasteiger partial charge in [0.15, 0.2) is 0 Å². The van der Waals surface area contributed by atoms with Crippen LogP contribution in [0.25, 0.3) is 11.0 Å². The first-order valence-electron chi connectivity index (χ1n) is 7.28. The fraction of sp³-hybridized carbons (Fsp3) is 0.438. The molecule has 110 valence electrons. The summed E-state index contributed by atoms with van der Waals surface area (Å²) in [4.78, 5) is 21.2. The number of aliphatic hydroxyl groups excluding tert-OH is 1. The van der Waals surface area contributed by atoms with Gasteiger partial charge in [-0.05, 0) is 51.3 Å². The van der Waals surface area contributed by atoms with Crippen LogP contribution in [-0.2, 0) is 0 Å². The third kappa shape index (κ3) is 2.74. The summed E-state index contributed by atoms with van der Waals surface area (Å²) in [6.07, 6.45) is 2.11. The van der Waals surface area contributed by atoms with Crippen molar-refractivity contribution in [3.63, 3.8) is 0 Å². The van der Waals surface area contributed by atoms with E-state index >= 15 is 0 Å². The van der Waals surface area contributed by atoms with E-state index in [1.165, 1.54) is 0 Å². The Labute approximate surface area is 123 Å². The van der Waals surface area contributed by atoms with Crippen LogP contribution in [0, 0.1) is 13.8 Å². The van der Waals surface area contributed by atoms with E-state index in [9.17, 15) is 9.90 Å². The Morgan fingerprint density at radius 1 is 1.19 bits per heavy atom. The Hall–Kier alpha value is -2.01. The molecule has 0 aliphatic heterocycles. The lowest BCUT2D eigenvalue weighted by atomic mass is 10.1. The molecule has 0 spiro atoms. The number of aliphatic hydroxyl groups is 1. The SMILES string of the molecule is Cc1nc2ccc(C(=O)NC3CCCC3O)cc2nc1C. The van der Waals surface area contributed by atoms with Crippen molar-refractivity contribution < 1.29 is 9.90 Å². The van der Waals surface area contributed by atoms with E-state index < -0.39 is 6.10 Å². The normalized spacial score (nSPS) is 21.7. The minimum Gasteiger partial charge on any atom is -0.391 e. The molecule has 0 radical (unpaired) electrons. The van der Waals surface area contributed by atoms with Crippen molar-refractivity contribution in [2.24, 2.45) is 0 Å². The molecule has 1 aromatic carbocycles. The zero-order chi connectivity index (χ0) is 15.0. The maximum absolute atomic E-state index is 12.3. The maximum Gasteiger partial charge on any atom is 0.251 e. The molecule has 1 aromatic heterocycles. The van der Waals surface area contributed by atoms with E-state index in [4.69, 9.17) is 0 Å². The number of rotatable bonds is 2. The number of hydrogen-bond donors (Lipinski definition) is 2. The molecule has 2 N–H and O–H groups in total. The summed E-state index contributed by atoms with van der Waals surface area (Å²) in [7, 11) is 0. The molecule has 5 heteroatoms. The van der Waals surface area contributed by atoms with Crippen molar-refractivity contribution in [1.82, 2.24) is 15.3 Å². The van der Waals surface area contributed by atoms with Gasteiger partial charge in [-0.25, -0.2) is 9.97 Å². The molecule has 21 heavy (non-hydrogen) atoms. The minimum atomic E-state index is -0.431. The van der Waals surface area contributed by atoms with Gasteiger partial charge in [0.1, 0.15) is 0 Å². The lowest BCUT2D eigenvalue weighted by Crippen LogP contribution is -2.39. The quantitative estimate of drug-likeness (QED) is 0.883. The minimum absolute atomic E-state index is 0.140. The monoisotopic (exact) mass is 285 g/mol. The number of nitrogens with zero attached hydrogens (tertiary/aromatic N) is 2. The third-order valence-corrected chi connectivity index (χ3v) is 4.13. The molecule has 0 bridgehead atoms. The summed E-state index contributed by atoms with van der Waals surface area (Å²) >= 11 is 0. The van der Waals surface area contributed by atoms with E-state index in [1.807, 2.05) is 19.9 Å². The first-order chi connectivity index (χ1) is 10.0. The van der Waals surface area contributed by atoms with Crippen molar-refractivity contribution in [3.8, 4) is 0 Å². The van der Waals surface area contributed by atoms with Gasteiger partial charge in [-0.1, -0.05) is 0 Å². The summed E-state index contributed by atoms with van der Waals surface area (Å²) in [5, 5.41) is 12.7. The number of carbonyl (C=O) groups excluding carboxylic acids is 1. The van der Waals surface area contributed by atoms with E-state index in [0.717, 1.165) is 41.7 Å². The van der Waals surface area contributed by atoms with Crippen LogP contribution in [0.1, 0.15) is 41.0 Å². The second kappa shape index (κ2) is 5.41. The Bertz CT molecular complexity index is 699. The zero-order valence-electron chi connectivity index (χ0n) is 12.3. The van der Waals surface area contributed by atoms with Gasteiger partial charge in [0.25, 0.3) is 5.91 Å². The van der Waals surface area contributed by atoms with Crippen LogP contribution < -0.4 is 5.32 Å². The van der Waals surface area contributed by atoms with Gasteiger partial charge in [-0.3, -0.25) is 4.79 Å². The average molecular weight is 285 g/mol. The number of benzene rings is 1. The molecular weight excluding hydrogens is 266 g/mol. The number of carbonyl (C=O) groups is 1. The second-order valence-corrected chi connectivity index (χ2v) is 5.68. The van der Waals surface area contributed by atoms with Gasteiger partial charge in [0.2, 0.25) is 0 Å². The summed E-state index contributed by atoms with van der Waals surface area (Å²) < 4.78 is 0.